The predicted molar refractivity (Wildman–Crippen MR) is 86.2 cm³/mol. The first-order valence-corrected chi connectivity index (χ1v) is 7.28. The lowest BCUT2D eigenvalue weighted by Gasteiger charge is -2.09. The molecule has 0 fully saturated rings. The van der Waals surface area contributed by atoms with Gasteiger partial charge in [-0.3, -0.25) is 4.79 Å². The number of benzene rings is 2. The highest BCUT2D eigenvalue weighted by Crippen LogP contribution is 2.21. The summed E-state index contributed by atoms with van der Waals surface area (Å²) in [6, 6.07) is 10.6. The minimum absolute atomic E-state index is 0.00369. The number of hydrogen-bond acceptors (Lipinski definition) is 2. The summed E-state index contributed by atoms with van der Waals surface area (Å²) in [7, 11) is 0. The van der Waals surface area contributed by atoms with Crippen molar-refractivity contribution in [3.8, 4) is 5.75 Å². The normalized spacial score (nSPS) is 10.3. The lowest BCUT2D eigenvalue weighted by atomic mass is 10.0. The molecule has 0 aliphatic heterocycles. The monoisotopic (exact) mass is 318 g/mol. The van der Waals surface area contributed by atoms with Crippen molar-refractivity contribution in [2.75, 3.05) is 6.61 Å². The summed E-state index contributed by atoms with van der Waals surface area (Å²) in [4.78, 5) is 12.3. The van der Waals surface area contributed by atoms with Crippen molar-refractivity contribution in [3.63, 3.8) is 0 Å². The highest BCUT2D eigenvalue weighted by molar-refractivity contribution is 6.30. The summed E-state index contributed by atoms with van der Waals surface area (Å²) in [5.74, 6) is -0.627. The van der Waals surface area contributed by atoms with Gasteiger partial charge in [0.25, 0.3) is 0 Å². The average Bonchev–Trinajstić information content (AvgIpc) is 2.52. The van der Waals surface area contributed by atoms with Crippen LogP contribution in [0.5, 0.6) is 5.75 Å². The number of ketones is 1. The Kier molecular flexibility index (Phi) is 5.34. The van der Waals surface area contributed by atoms with E-state index in [2.05, 4.69) is 6.58 Å². The van der Waals surface area contributed by atoms with Crippen molar-refractivity contribution in [2.45, 2.75) is 13.3 Å². The lowest BCUT2D eigenvalue weighted by Crippen LogP contribution is -2.05. The second-order valence-electron chi connectivity index (χ2n) is 4.87. The molecule has 0 radical (unpaired) electrons. The first kappa shape index (κ1) is 16.2. The number of ether oxygens (including phenoxy) is 1. The van der Waals surface area contributed by atoms with Crippen LogP contribution in [0, 0.1) is 5.82 Å². The van der Waals surface area contributed by atoms with Crippen LogP contribution in [0.3, 0.4) is 0 Å². The van der Waals surface area contributed by atoms with Gasteiger partial charge in [0.05, 0.1) is 5.56 Å². The van der Waals surface area contributed by atoms with Crippen LogP contribution in [-0.2, 0) is 0 Å². The maximum absolute atomic E-state index is 14.1. The molecule has 0 amide bonds. The van der Waals surface area contributed by atoms with Gasteiger partial charge in [-0.2, -0.15) is 0 Å². The molecular formula is C18H16ClFO2. The van der Waals surface area contributed by atoms with E-state index in [-0.39, 0.29) is 5.56 Å². The SMILES string of the molecule is C=C(CC)COc1ccc(C(=O)c2ccc(Cl)cc2)c(F)c1. The first-order valence-electron chi connectivity index (χ1n) is 6.90. The van der Waals surface area contributed by atoms with E-state index >= 15 is 0 Å². The molecule has 0 saturated heterocycles. The van der Waals surface area contributed by atoms with Crippen LogP contribution < -0.4 is 4.74 Å². The smallest absolute Gasteiger partial charge is 0.195 e. The van der Waals surface area contributed by atoms with E-state index in [4.69, 9.17) is 16.3 Å². The van der Waals surface area contributed by atoms with Crippen molar-refractivity contribution in [1.82, 2.24) is 0 Å². The number of carbonyl (C=O) groups is 1. The second kappa shape index (κ2) is 7.23. The lowest BCUT2D eigenvalue weighted by molar-refractivity contribution is 0.103. The molecule has 2 rings (SSSR count). The Morgan fingerprint density at radius 3 is 2.50 bits per heavy atom. The molecule has 0 aromatic heterocycles. The molecule has 114 valence electrons. The zero-order chi connectivity index (χ0) is 16.1. The number of hydrogen-bond donors (Lipinski definition) is 0. The van der Waals surface area contributed by atoms with E-state index in [1.165, 1.54) is 12.1 Å². The molecule has 0 unspecified atom stereocenters. The highest BCUT2D eigenvalue weighted by Gasteiger charge is 2.14. The third-order valence-electron chi connectivity index (χ3n) is 3.23. The first-order chi connectivity index (χ1) is 10.5. The number of halogens is 2. The molecule has 2 aromatic rings. The fourth-order valence-corrected chi connectivity index (χ4v) is 1.94. The highest BCUT2D eigenvalue weighted by atomic mass is 35.5. The molecule has 22 heavy (non-hydrogen) atoms. The van der Waals surface area contributed by atoms with Crippen LogP contribution >= 0.6 is 11.6 Å². The van der Waals surface area contributed by atoms with Gasteiger partial charge in [0.2, 0.25) is 0 Å². The third-order valence-corrected chi connectivity index (χ3v) is 3.49. The van der Waals surface area contributed by atoms with Crippen LogP contribution in [0.4, 0.5) is 4.39 Å². The molecule has 0 aliphatic carbocycles. The Bertz CT molecular complexity index is 693. The quantitative estimate of drug-likeness (QED) is 0.550. The predicted octanol–water partition coefficient (Wildman–Crippen LogP) is 5.06. The van der Waals surface area contributed by atoms with E-state index in [0.717, 1.165) is 12.0 Å². The molecule has 0 saturated carbocycles. The molecule has 4 heteroatoms. The molecule has 0 atom stereocenters. The minimum atomic E-state index is -0.612. The van der Waals surface area contributed by atoms with Crippen molar-refractivity contribution < 1.29 is 13.9 Å². The fourth-order valence-electron chi connectivity index (χ4n) is 1.81. The van der Waals surface area contributed by atoms with E-state index in [1.807, 2.05) is 6.92 Å². The Hall–Kier alpha value is -2.13. The maximum Gasteiger partial charge on any atom is 0.195 e. The van der Waals surface area contributed by atoms with Gasteiger partial charge in [-0.15, -0.1) is 0 Å². The molecule has 0 heterocycles. The Labute approximate surface area is 134 Å². The number of rotatable bonds is 6. The Balaban J connectivity index is 2.17. The zero-order valence-corrected chi connectivity index (χ0v) is 13.0. The summed E-state index contributed by atoms with van der Waals surface area (Å²) >= 11 is 5.78. The number of carbonyl (C=O) groups excluding carboxylic acids is 1. The fraction of sp³-hybridized carbons (Fsp3) is 0.167. The standard InChI is InChI=1S/C18H16ClFO2/c1-3-12(2)11-22-15-8-9-16(17(20)10-15)18(21)13-4-6-14(19)7-5-13/h4-10H,2-3,11H2,1H3. The van der Waals surface area contributed by atoms with Gasteiger partial charge in [-0.05, 0) is 48.4 Å². The summed E-state index contributed by atoms with van der Waals surface area (Å²) in [6.07, 6.45) is 0.801. The summed E-state index contributed by atoms with van der Waals surface area (Å²) in [5.41, 5.74) is 1.31. The van der Waals surface area contributed by atoms with Gasteiger partial charge >= 0.3 is 0 Å². The Morgan fingerprint density at radius 1 is 1.23 bits per heavy atom. The average molecular weight is 319 g/mol. The van der Waals surface area contributed by atoms with Crippen molar-refractivity contribution >= 4 is 17.4 Å². The van der Waals surface area contributed by atoms with Gasteiger partial charge in [0, 0.05) is 16.7 Å². The molecule has 2 nitrogen and oxygen atoms in total. The minimum Gasteiger partial charge on any atom is -0.489 e. The molecule has 2 aromatic carbocycles. The van der Waals surface area contributed by atoms with Gasteiger partial charge in [-0.25, -0.2) is 4.39 Å². The van der Waals surface area contributed by atoms with E-state index < -0.39 is 11.6 Å². The van der Waals surface area contributed by atoms with Crippen molar-refractivity contribution in [3.05, 3.63) is 76.6 Å². The van der Waals surface area contributed by atoms with Gasteiger partial charge in [-0.1, -0.05) is 25.1 Å². The van der Waals surface area contributed by atoms with E-state index in [9.17, 15) is 9.18 Å². The van der Waals surface area contributed by atoms with Crippen molar-refractivity contribution in [1.29, 1.82) is 0 Å². The summed E-state index contributed by atoms with van der Waals surface area (Å²) < 4.78 is 19.5. The topological polar surface area (TPSA) is 26.3 Å². The zero-order valence-electron chi connectivity index (χ0n) is 12.2. The van der Waals surface area contributed by atoms with Gasteiger partial charge in [0.1, 0.15) is 18.2 Å². The Morgan fingerprint density at radius 2 is 1.91 bits per heavy atom. The molecule has 0 N–H and O–H groups in total. The van der Waals surface area contributed by atoms with Gasteiger partial charge in [0.15, 0.2) is 5.78 Å². The van der Waals surface area contributed by atoms with Gasteiger partial charge < -0.3 is 4.74 Å². The third kappa shape index (κ3) is 3.95. The van der Waals surface area contributed by atoms with E-state index in [1.54, 1.807) is 30.3 Å². The summed E-state index contributed by atoms with van der Waals surface area (Å²) in [5, 5.41) is 0.525. The second-order valence-corrected chi connectivity index (χ2v) is 5.31. The van der Waals surface area contributed by atoms with Crippen LogP contribution in [0.1, 0.15) is 29.3 Å². The maximum atomic E-state index is 14.1. The van der Waals surface area contributed by atoms with E-state index in [0.29, 0.717) is 22.9 Å². The van der Waals surface area contributed by atoms with Crippen LogP contribution in [0.2, 0.25) is 5.02 Å². The van der Waals surface area contributed by atoms with Crippen molar-refractivity contribution in [2.24, 2.45) is 0 Å². The summed E-state index contributed by atoms with van der Waals surface area (Å²) in [6.45, 7) is 6.13. The largest absolute Gasteiger partial charge is 0.489 e. The molecular weight excluding hydrogens is 303 g/mol. The molecule has 0 aliphatic rings. The van der Waals surface area contributed by atoms with Crippen LogP contribution in [-0.4, -0.2) is 12.4 Å². The molecule has 0 spiro atoms. The van der Waals surface area contributed by atoms with Crippen LogP contribution in [0.15, 0.2) is 54.6 Å². The molecule has 0 bridgehead atoms. The van der Waals surface area contributed by atoms with Crippen LogP contribution in [0.25, 0.3) is 0 Å².